The molecule has 0 radical (unpaired) electrons. The Morgan fingerprint density at radius 2 is 1.64 bits per heavy atom. The molecule has 0 unspecified atom stereocenters. The third-order valence-electron chi connectivity index (χ3n) is 3.33. The summed E-state index contributed by atoms with van der Waals surface area (Å²) >= 11 is 0. The molecule has 0 fully saturated rings. The van der Waals surface area contributed by atoms with Crippen molar-refractivity contribution in [3.63, 3.8) is 0 Å². The lowest BCUT2D eigenvalue weighted by atomic mass is 10.2. The highest BCUT2D eigenvalue weighted by molar-refractivity contribution is 5.95. The predicted octanol–water partition coefficient (Wildman–Crippen LogP) is 2.70. The lowest BCUT2D eigenvalue weighted by molar-refractivity contribution is 0.0958. The first-order chi connectivity index (χ1) is 12.1. The van der Waals surface area contributed by atoms with Crippen LogP contribution in [-0.2, 0) is 0 Å². The minimum Gasteiger partial charge on any atom is -0.393 e. The Bertz CT molecular complexity index is 887. The Kier molecular flexibility index (Phi) is 4.70. The maximum absolute atomic E-state index is 13.6. The summed E-state index contributed by atoms with van der Waals surface area (Å²) in [7, 11) is 0. The number of nitrogen functional groups attached to an aromatic ring is 1. The van der Waals surface area contributed by atoms with E-state index >= 15 is 0 Å². The van der Waals surface area contributed by atoms with Crippen LogP contribution in [0.25, 0.3) is 0 Å². The second kappa shape index (κ2) is 7.26. The van der Waals surface area contributed by atoms with Crippen LogP contribution in [0, 0.1) is 5.82 Å². The second-order valence-corrected chi connectivity index (χ2v) is 5.03. The highest BCUT2D eigenvalue weighted by Gasteiger charge is 2.12. The van der Waals surface area contributed by atoms with Gasteiger partial charge in [-0.05, 0) is 24.3 Å². The number of nitrogens with zero attached hydrogens (tertiary/aromatic N) is 2. The SMILES string of the molecule is Nc1c(NNC(=O)c2ccccc2F)ncnc1Nc1ccccc1. The van der Waals surface area contributed by atoms with Crippen LogP contribution >= 0.6 is 0 Å². The second-order valence-electron chi connectivity index (χ2n) is 5.03. The summed E-state index contributed by atoms with van der Waals surface area (Å²) in [6, 6.07) is 15.0. The largest absolute Gasteiger partial charge is 0.393 e. The molecule has 0 aliphatic rings. The van der Waals surface area contributed by atoms with E-state index in [4.69, 9.17) is 5.73 Å². The zero-order valence-electron chi connectivity index (χ0n) is 13.0. The molecule has 1 aromatic heterocycles. The van der Waals surface area contributed by atoms with Gasteiger partial charge in [-0.3, -0.25) is 15.6 Å². The number of rotatable bonds is 5. The molecule has 7 nitrogen and oxygen atoms in total. The van der Waals surface area contributed by atoms with Crippen molar-refractivity contribution in [1.29, 1.82) is 0 Å². The molecule has 0 spiro atoms. The lowest BCUT2D eigenvalue weighted by Crippen LogP contribution is -2.31. The van der Waals surface area contributed by atoms with Crippen molar-refractivity contribution in [3.8, 4) is 0 Å². The first kappa shape index (κ1) is 16.2. The van der Waals surface area contributed by atoms with Gasteiger partial charge in [-0.15, -0.1) is 0 Å². The summed E-state index contributed by atoms with van der Waals surface area (Å²) in [5, 5.41) is 3.05. The fourth-order valence-electron chi connectivity index (χ4n) is 2.08. The highest BCUT2D eigenvalue weighted by atomic mass is 19.1. The zero-order chi connectivity index (χ0) is 17.6. The van der Waals surface area contributed by atoms with E-state index in [1.807, 2.05) is 30.3 Å². The van der Waals surface area contributed by atoms with E-state index < -0.39 is 11.7 Å². The average Bonchev–Trinajstić information content (AvgIpc) is 2.63. The van der Waals surface area contributed by atoms with Crippen LogP contribution in [0.5, 0.6) is 0 Å². The van der Waals surface area contributed by atoms with E-state index in [1.165, 1.54) is 24.5 Å². The number of carbonyl (C=O) groups excluding carboxylic acids is 1. The Morgan fingerprint density at radius 1 is 0.960 bits per heavy atom. The van der Waals surface area contributed by atoms with Crippen LogP contribution in [-0.4, -0.2) is 15.9 Å². The fraction of sp³-hybridized carbons (Fsp3) is 0. The molecule has 1 amide bonds. The maximum atomic E-state index is 13.6. The molecule has 0 aliphatic heterocycles. The van der Waals surface area contributed by atoms with E-state index in [-0.39, 0.29) is 17.1 Å². The van der Waals surface area contributed by atoms with Gasteiger partial charge in [0.1, 0.15) is 17.8 Å². The highest BCUT2D eigenvalue weighted by Crippen LogP contribution is 2.25. The zero-order valence-corrected chi connectivity index (χ0v) is 13.0. The summed E-state index contributed by atoms with van der Waals surface area (Å²) in [5.41, 5.74) is 11.9. The van der Waals surface area contributed by atoms with E-state index in [0.717, 1.165) is 5.69 Å². The van der Waals surface area contributed by atoms with E-state index in [0.29, 0.717) is 5.82 Å². The quantitative estimate of drug-likeness (QED) is 0.533. The third-order valence-corrected chi connectivity index (χ3v) is 3.33. The van der Waals surface area contributed by atoms with Crippen LogP contribution in [0.4, 0.5) is 27.4 Å². The third kappa shape index (κ3) is 3.81. The first-order valence-corrected chi connectivity index (χ1v) is 7.38. The van der Waals surface area contributed by atoms with Gasteiger partial charge in [-0.2, -0.15) is 0 Å². The number of para-hydroxylation sites is 1. The van der Waals surface area contributed by atoms with Gasteiger partial charge < -0.3 is 11.1 Å². The molecule has 3 aromatic rings. The van der Waals surface area contributed by atoms with E-state index in [1.54, 1.807) is 6.07 Å². The summed E-state index contributed by atoms with van der Waals surface area (Å²) in [5.74, 6) is -0.695. The molecule has 1 heterocycles. The van der Waals surface area contributed by atoms with Gasteiger partial charge in [0, 0.05) is 5.69 Å². The van der Waals surface area contributed by atoms with Gasteiger partial charge in [0.25, 0.3) is 5.91 Å². The van der Waals surface area contributed by atoms with Crippen molar-refractivity contribution >= 4 is 28.9 Å². The Hall–Kier alpha value is -3.68. The number of hydrazine groups is 1. The number of benzene rings is 2. The molecule has 8 heteroatoms. The molecule has 0 bridgehead atoms. The molecule has 126 valence electrons. The van der Waals surface area contributed by atoms with Gasteiger partial charge in [0.05, 0.1) is 5.56 Å². The number of aromatic nitrogens is 2. The number of amides is 1. The number of nitrogens with one attached hydrogen (secondary N) is 3. The topological polar surface area (TPSA) is 105 Å². The Balaban J connectivity index is 1.72. The van der Waals surface area contributed by atoms with Crippen molar-refractivity contribution in [2.45, 2.75) is 0 Å². The molecule has 0 aliphatic carbocycles. The molecule has 0 saturated heterocycles. The molecule has 3 rings (SSSR count). The molecule has 0 atom stereocenters. The van der Waals surface area contributed by atoms with Crippen molar-refractivity contribution in [1.82, 2.24) is 15.4 Å². The Morgan fingerprint density at radius 3 is 2.40 bits per heavy atom. The minimum atomic E-state index is -0.645. The first-order valence-electron chi connectivity index (χ1n) is 7.38. The normalized spacial score (nSPS) is 10.1. The lowest BCUT2D eigenvalue weighted by Gasteiger charge is -2.13. The number of hydrogen-bond acceptors (Lipinski definition) is 6. The van der Waals surface area contributed by atoms with Crippen LogP contribution in [0.3, 0.4) is 0 Å². The van der Waals surface area contributed by atoms with Gasteiger partial charge >= 0.3 is 0 Å². The standard InChI is InChI=1S/C17H15FN6O/c18-13-9-5-4-8-12(13)17(25)24-23-16-14(19)15(20-10-21-16)22-11-6-2-1-3-7-11/h1-10H,19H2,(H,24,25)(H2,20,21,22,23). The monoisotopic (exact) mass is 338 g/mol. The fourth-order valence-corrected chi connectivity index (χ4v) is 2.08. The average molecular weight is 338 g/mol. The van der Waals surface area contributed by atoms with Crippen LogP contribution in [0.15, 0.2) is 60.9 Å². The molecule has 0 saturated carbocycles. The summed E-state index contributed by atoms with van der Waals surface area (Å²) < 4.78 is 13.6. The van der Waals surface area contributed by atoms with Gasteiger partial charge in [0.2, 0.25) is 0 Å². The number of halogens is 1. The van der Waals surface area contributed by atoms with Gasteiger partial charge in [-0.25, -0.2) is 14.4 Å². The van der Waals surface area contributed by atoms with E-state index in [9.17, 15) is 9.18 Å². The number of hydrogen-bond donors (Lipinski definition) is 4. The summed E-state index contributed by atoms with van der Waals surface area (Å²) in [4.78, 5) is 20.1. The van der Waals surface area contributed by atoms with Crippen LogP contribution in [0.1, 0.15) is 10.4 Å². The smallest absolute Gasteiger partial charge is 0.272 e. The number of anilines is 4. The molecule has 5 N–H and O–H groups in total. The predicted molar refractivity (Wildman–Crippen MR) is 93.7 cm³/mol. The summed E-state index contributed by atoms with van der Waals surface area (Å²) in [6.07, 6.45) is 1.29. The minimum absolute atomic E-state index is 0.0924. The molecular formula is C17H15FN6O. The van der Waals surface area contributed by atoms with Crippen molar-refractivity contribution in [2.75, 3.05) is 16.5 Å². The number of nitrogens with two attached hydrogens (primary N) is 1. The molecular weight excluding hydrogens is 323 g/mol. The van der Waals surface area contributed by atoms with Crippen molar-refractivity contribution in [2.24, 2.45) is 0 Å². The maximum Gasteiger partial charge on any atom is 0.272 e. The van der Waals surface area contributed by atoms with Gasteiger partial charge in [-0.1, -0.05) is 30.3 Å². The van der Waals surface area contributed by atoms with Crippen LogP contribution < -0.4 is 21.9 Å². The number of carbonyl (C=O) groups is 1. The van der Waals surface area contributed by atoms with Crippen molar-refractivity contribution < 1.29 is 9.18 Å². The van der Waals surface area contributed by atoms with E-state index in [2.05, 4.69) is 26.1 Å². The molecule has 2 aromatic carbocycles. The van der Waals surface area contributed by atoms with Gasteiger partial charge in [0.15, 0.2) is 11.6 Å². The Labute approximate surface area is 143 Å². The molecule has 25 heavy (non-hydrogen) atoms. The van der Waals surface area contributed by atoms with Crippen molar-refractivity contribution in [3.05, 3.63) is 72.3 Å². The summed E-state index contributed by atoms with van der Waals surface area (Å²) in [6.45, 7) is 0. The van der Waals surface area contributed by atoms with Crippen LogP contribution in [0.2, 0.25) is 0 Å².